The SMILES string of the molecule is C=CCCC(NCC(O)c1ccc(C#N)cc1)c1ccccc1. The molecule has 3 heteroatoms. The van der Waals surface area contributed by atoms with Crippen LogP contribution in [0.25, 0.3) is 0 Å². The number of allylic oxidation sites excluding steroid dienone is 1. The van der Waals surface area contributed by atoms with E-state index in [0.717, 1.165) is 18.4 Å². The minimum Gasteiger partial charge on any atom is -0.387 e. The lowest BCUT2D eigenvalue weighted by atomic mass is 10.0. The van der Waals surface area contributed by atoms with Gasteiger partial charge in [-0.2, -0.15) is 5.26 Å². The summed E-state index contributed by atoms with van der Waals surface area (Å²) in [5.74, 6) is 0. The van der Waals surface area contributed by atoms with Crippen LogP contribution in [0.5, 0.6) is 0 Å². The third-order valence-corrected chi connectivity index (χ3v) is 3.84. The Labute approximate surface area is 137 Å². The van der Waals surface area contributed by atoms with Gasteiger partial charge < -0.3 is 10.4 Å². The van der Waals surface area contributed by atoms with E-state index in [-0.39, 0.29) is 6.04 Å². The van der Waals surface area contributed by atoms with Crippen molar-refractivity contribution in [3.05, 3.63) is 83.9 Å². The fourth-order valence-electron chi connectivity index (χ4n) is 2.51. The number of hydrogen-bond donors (Lipinski definition) is 2. The zero-order valence-electron chi connectivity index (χ0n) is 13.2. The maximum Gasteiger partial charge on any atom is 0.0991 e. The lowest BCUT2D eigenvalue weighted by Gasteiger charge is -2.21. The third-order valence-electron chi connectivity index (χ3n) is 3.84. The highest BCUT2D eigenvalue weighted by atomic mass is 16.3. The van der Waals surface area contributed by atoms with Gasteiger partial charge in [0.2, 0.25) is 0 Å². The van der Waals surface area contributed by atoms with E-state index in [9.17, 15) is 5.11 Å². The quantitative estimate of drug-likeness (QED) is 0.727. The number of benzene rings is 2. The molecular formula is C20H22N2O. The number of nitrogens with one attached hydrogen (secondary N) is 1. The molecular weight excluding hydrogens is 284 g/mol. The zero-order valence-corrected chi connectivity index (χ0v) is 13.2. The molecule has 0 fully saturated rings. The van der Waals surface area contributed by atoms with E-state index in [2.05, 4.69) is 30.1 Å². The molecule has 3 nitrogen and oxygen atoms in total. The number of aliphatic hydroxyl groups is 1. The van der Waals surface area contributed by atoms with Crippen LogP contribution in [0.4, 0.5) is 0 Å². The highest BCUT2D eigenvalue weighted by Crippen LogP contribution is 2.20. The smallest absolute Gasteiger partial charge is 0.0991 e. The highest BCUT2D eigenvalue weighted by molar-refractivity contribution is 5.32. The van der Waals surface area contributed by atoms with Crippen LogP contribution in [-0.2, 0) is 0 Å². The molecule has 0 aromatic heterocycles. The van der Waals surface area contributed by atoms with Crippen molar-refractivity contribution in [2.24, 2.45) is 0 Å². The van der Waals surface area contributed by atoms with Crippen LogP contribution in [0, 0.1) is 11.3 Å². The molecule has 2 N–H and O–H groups in total. The lowest BCUT2D eigenvalue weighted by molar-refractivity contribution is 0.169. The van der Waals surface area contributed by atoms with Crippen molar-refractivity contribution < 1.29 is 5.11 Å². The van der Waals surface area contributed by atoms with Gasteiger partial charge in [0.1, 0.15) is 0 Å². The topological polar surface area (TPSA) is 56.0 Å². The Morgan fingerprint density at radius 1 is 1.09 bits per heavy atom. The van der Waals surface area contributed by atoms with Crippen LogP contribution in [-0.4, -0.2) is 11.7 Å². The first-order valence-electron chi connectivity index (χ1n) is 7.82. The van der Waals surface area contributed by atoms with Gasteiger partial charge in [0.15, 0.2) is 0 Å². The van der Waals surface area contributed by atoms with Crippen LogP contribution < -0.4 is 5.32 Å². The molecule has 0 radical (unpaired) electrons. The minimum absolute atomic E-state index is 0.183. The fraction of sp³-hybridized carbons (Fsp3) is 0.250. The normalized spacial score (nSPS) is 13.0. The van der Waals surface area contributed by atoms with E-state index in [1.54, 1.807) is 24.3 Å². The Balaban J connectivity index is 1.99. The maximum absolute atomic E-state index is 10.3. The average molecular weight is 306 g/mol. The molecule has 0 spiro atoms. The summed E-state index contributed by atoms with van der Waals surface area (Å²) < 4.78 is 0. The lowest BCUT2D eigenvalue weighted by Crippen LogP contribution is -2.26. The Kier molecular flexibility index (Phi) is 6.56. The fourth-order valence-corrected chi connectivity index (χ4v) is 2.51. The van der Waals surface area contributed by atoms with E-state index in [1.807, 2.05) is 24.3 Å². The van der Waals surface area contributed by atoms with Gasteiger partial charge in [-0.05, 0) is 36.1 Å². The molecule has 2 unspecified atom stereocenters. The monoisotopic (exact) mass is 306 g/mol. The molecule has 0 heterocycles. The van der Waals surface area contributed by atoms with E-state index in [1.165, 1.54) is 5.56 Å². The van der Waals surface area contributed by atoms with Crippen LogP contribution in [0.1, 0.15) is 41.7 Å². The standard InChI is InChI=1S/C20H22N2O/c1-2-3-9-19(17-7-5-4-6-8-17)22-15-20(23)18-12-10-16(14-21)11-13-18/h2,4-8,10-13,19-20,22-23H,1,3,9,15H2. The molecule has 2 atom stereocenters. The Bertz CT molecular complexity index is 644. The van der Waals surface area contributed by atoms with Crippen molar-refractivity contribution in [3.8, 4) is 6.07 Å². The van der Waals surface area contributed by atoms with Gasteiger partial charge in [0.25, 0.3) is 0 Å². The molecule has 0 aliphatic carbocycles. The molecule has 0 bridgehead atoms. The summed E-state index contributed by atoms with van der Waals surface area (Å²) in [5.41, 5.74) is 2.62. The van der Waals surface area contributed by atoms with E-state index >= 15 is 0 Å². The number of nitrogens with zero attached hydrogens (tertiary/aromatic N) is 1. The molecule has 23 heavy (non-hydrogen) atoms. The zero-order chi connectivity index (χ0) is 16.5. The molecule has 0 amide bonds. The van der Waals surface area contributed by atoms with Gasteiger partial charge in [-0.3, -0.25) is 0 Å². The first-order chi connectivity index (χ1) is 11.2. The summed E-state index contributed by atoms with van der Waals surface area (Å²) in [7, 11) is 0. The summed E-state index contributed by atoms with van der Waals surface area (Å²) in [4.78, 5) is 0. The summed E-state index contributed by atoms with van der Waals surface area (Å²) in [6, 6.07) is 19.5. The third kappa shape index (κ3) is 5.07. The van der Waals surface area contributed by atoms with Crippen molar-refractivity contribution in [1.29, 1.82) is 5.26 Å². The first kappa shape index (κ1) is 17.0. The molecule has 0 saturated heterocycles. The second-order valence-corrected chi connectivity index (χ2v) is 5.49. The molecule has 2 aromatic carbocycles. The van der Waals surface area contributed by atoms with Crippen molar-refractivity contribution in [3.63, 3.8) is 0 Å². The van der Waals surface area contributed by atoms with Crippen molar-refractivity contribution in [2.75, 3.05) is 6.54 Å². The summed E-state index contributed by atoms with van der Waals surface area (Å²) >= 11 is 0. The molecule has 0 aliphatic rings. The summed E-state index contributed by atoms with van der Waals surface area (Å²) in [6.07, 6.45) is 3.17. The highest BCUT2D eigenvalue weighted by Gasteiger charge is 2.13. The first-order valence-corrected chi connectivity index (χ1v) is 7.82. The van der Waals surface area contributed by atoms with Gasteiger partial charge in [-0.15, -0.1) is 6.58 Å². The largest absolute Gasteiger partial charge is 0.387 e. The van der Waals surface area contributed by atoms with Gasteiger partial charge in [-0.1, -0.05) is 48.5 Å². The Morgan fingerprint density at radius 2 is 1.78 bits per heavy atom. The predicted octanol–water partition coefficient (Wildman–Crippen LogP) is 3.89. The number of hydrogen-bond acceptors (Lipinski definition) is 3. The van der Waals surface area contributed by atoms with Crippen LogP contribution in [0.15, 0.2) is 67.3 Å². The number of nitriles is 1. The van der Waals surface area contributed by atoms with Crippen LogP contribution >= 0.6 is 0 Å². The Hall–Kier alpha value is -2.41. The van der Waals surface area contributed by atoms with Gasteiger partial charge in [0.05, 0.1) is 17.7 Å². The average Bonchev–Trinajstić information content (AvgIpc) is 2.62. The molecule has 0 aliphatic heterocycles. The number of rotatable bonds is 8. The van der Waals surface area contributed by atoms with Gasteiger partial charge in [-0.25, -0.2) is 0 Å². The van der Waals surface area contributed by atoms with Crippen molar-refractivity contribution >= 4 is 0 Å². The molecule has 0 saturated carbocycles. The van der Waals surface area contributed by atoms with Gasteiger partial charge >= 0.3 is 0 Å². The number of aliphatic hydroxyl groups excluding tert-OH is 1. The summed E-state index contributed by atoms with van der Waals surface area (Å²) in [5, 5.41) is 22.6. The minimum atomic E-state index is -0.599. The van der Waals surface area contributed by atoms with Crippen LogP contribution in [0.3, 0.4) is 0 Å². The second-order valence-electron chi connectivity index (χ2n) is 5.49. The van der Waals surface area contributed by atoms with E-state index < -0.39 is 6.10 Å². The summed E-state index contributed by atoms with van der Waals surface area (Å²) in [6.45, 7) is 4.24. The van der Waals surface area contributed by atoms with E-state index in [4.69, 9.17) is 5.26 Å². The van der Waals surface area contributed by atoms with E-state index in [0.29, 0.717) is 12.1 Å². The van der Waals surface area contributed by atoms with Gasteiger partial charge in [0, 0.05) is 12.6 Å². The maximum atomic E-state index is 10.3. The van der Waals surface area contributed by atoms with Crippen LogP contribution in [0.2, 0.25) is 0 Å². The predicted molar refractivity (Wildman–Crippen MR) is 92.7 cm³/mol. The second kappa shape index (κ2) is 8.89. The molecule has 118 valence electrons. The van der Waals surface area contributed by atoms with Crippen molar-refractivity contribution in [1.82, 2.24) is 5.32 Å². The molecule has 2 aromatic rings. The Morgan fingerprint density at radius 3 is 2.39 bits per heavy atom. The van der Waals surface area contributed by atoms with Crippen molar-refractivity contribution in [2.45, 2.75) is 25.0 Å². The molecule has 2 rings (SSSR count).